The number of hydrogen-bond acceptors (Lipinski definition) is 2. The summed E-state index contributed by atoms with van der Waals surface area (Å²) in [6, 6.07) is 5.98. The average Bonchev–Trinajstić information content (AvgIpc) is 2.70. The molecule has 0 aliphatic carbocycles. The number of fused-ring (bicyclic) bond motifs is 1. The van der Waals surface area contributed by atoms with Crippen molar-refractivity contribution in [3.63, 3.8) is 0 Å². The Balaban J connectivity index is 2.15. The summed E-state index contributed by atoms with van der Waals surface area (Å²) in [6.45, 7) is 0.237. The van der Waals surface area contributed by atoms with Gasteiger partial charge in [-0.1, -0.05) is 0 Å². The van der Waals surface area contributed by atoms with Crippen molar-refractivity contribution in [1.29, 1.82) is 0 Å². The summed E-state index contributed by atoms with van der Waals surface area (Å²) in [6.07, 6.45) is -3.35. The lowest BCUT2D eigenvalue weighted by Crippen LogP contribution is -2.08. The molecule has 0 unspecified atom stereocenters. The number of hydrogen-bond donors (Lipinski definition) is 0. The predicted octanol–water partition coefficient (Wildman–Crippen LogP) is 3.89. The lowest BCUT2D eigenvalue weighted by atomic mass is 10.2. The quantitative estimate of drug-likeness (QED) is 0.626. The number of nitro benzene ring substituents is 1. The van der Waals surface area contributed by atoms with Crippen molar-refractivity contribution in [3.05, 3.63) is 40.6 Å². The summed E-state index contributed by atoms with van der Waals surface area (Å²) in [5, 5.41) is 11.3. The number of aromatic nitrogens is 1. The van der Waals surface area contributed by atoms with E-state index >= 15 is 0 Å². The molecule has 4 nitrogen and oxygen atoms in total. The second-order valence-corrected chi connectivity index (χ2v) is 4.23. The topological polar surface area (TPSA) is 48.1 Å². The molecule has 102 valence electrons. The van der Waals surface area contributed by atoms with Gasteiger partial charge in [-0.2, -0.15) is 13.2 Å². The monoisotopic (exact) mass is 272 g/mol. The zero-order valence-corrected chi connectivity index (χ0v) is 9.85. The van der Waals surface area contributed by atoms with Crippen molar-refractivity contribution < 1.29 is 18.1 Å². The van der Waals surface area contributed by atoms with E-state index < -0.39 is 17.5 Å². The van der Waals surface area contributed by atoms with Gasteiger partial charge in [0.25, 0.3) is 5.69 Å². The lowest BCUT2D eigenvalue weighted by molar-refractivity contribution is -0.384. The summed E-state index contributed by atoms with van der Waals surface area (Å²) in [4.78, 5) is 10.1. The van der Waals surface area contributed by atoms with Crippen LogP contribution in [0.5, 0.6) is 0 Å². The Hall–Kier alpha value is -2.05. The minimum atomic E-state index is -4.15. The van der Waals surface area contributed by atoms with Crippen LogP contribution in [0, 0.1) is 10.1 Å². The van der Waals surface area contributed by atoms with E-state index in [1.807, 2.05) is 0 Å². The number of nitrogens with zero attached hydrogens (tertiary/aromatic N) is 2. The van der Waals surface area contributed by atoms with Crippen LogP contribution in [0.2, 0.25) is 0 Å². The van der Waals surface area contributed by atoms with Crippen LogP contribution < -0.4 is 0 Å². The summed E-state index contributed by atoms with van der Waals surface area (Å²) >= 11 is 0. The average molecular weight is 272 g/mol. The molecule has 0 fully saturated rings. The molecule has 1 heterocycles. The molecule has 0 saturated carbocycles. The van der Waals surface area contributed by atoms with Crippen LogP contribution in [0.1, 0.15) is 12.8 Å². The van der Waals surface area contributed by atoms with E-state index in [1.165, 1.54) is 12.1 Å². The van der Waals surface area contributed by atoms with Gasteiger partial charge in [0.15, 0.2) is 0 Å². The van der Waals surface area contributed by atoms with E-state index in [2.05, 4.69) is 0 Å². The minimum absolute atomic E-state index is 0.00966. The molecule has 19 heavy (non-hydrogen) atoms. The van der Waals surface area contributed by atoms with Gasteiger partial charge in [0, 0.05) is 42.2 Å². The van der Waals surface area contributed by atoms with Gasteiger partial charge in [0.1, 0.15) is 0 Å². The molecule has 0 spiro atoms. The van der Waals surface area contributed by atoms with Gasteiger partial charge in [-0.05, 0) is 18.6 Å². The third-order valence-electron chi connectivity index (χ3n) is 2.82. The number of aryl methyl sites for hydroxylation is 1. The van der Waals surface area contributed by atoms with Crippen molar-refractivity contribution in [3.8, 4) is 0 Å². The van der Waals surface area contributed by atoms with Gasteiger partial charge in [-0.15, -0.1) is 0 Å². The molecule has 1 aromatic heterocycles. The minimum Gasteiger partial charge on any atom is -0.347 e. The zero-order valence-electron chi connectivity index (χ0n) is 9.85. The summed E-state index contributed by atoms with van der Waals surface area (Å²) < 4.78 is 37.8. The Kier molecular flexibility index (Phi) is 3.46. The standard InChI is InChI=1S/C12H11F3N2O2/c13-12(14,15)5-1-6-16-7-4-9-8-10(17(18)19)2-3-11(9)16/h2-4,7-8H,1,5-6H2. The zero-order chi connectivity index (χ0) is 14.0. The fourth-order valence-corrected chi connectivity index (χ4v) is 1.95. The van der Waals surface area contributed by atoms with Crippen molar-refractivity contribution in [2.24, 2.45) is 0 Å². The van der Waals surface area contributed by atoms with E-state index in [0.29, 0.717) is 10.9 Å². The smallest absolute Gasteiger partial charge is 0.347 e. The van der Waals surface area contributed by atoms with E-state index in [0.717, 1.165) is 0 Å². The van der Waals surface area contributed by atoms with Gasteiger partial charge >= 0.3 is 6.18 Å². The number of halogens is 3. The van der Waals surface area contributed by atoms with Gasteiger partial charge in [-0.3, -0.25) is 10.1 Å². The summed E-state index contributed by atoms with van der Waals surface area (Å²) in [7, 11) is 0. The highest BCUT2D eigenvalue weighted by molar-refractivity contribution is 5.82. The predicted molar refractivity (Wildman–Crippen MR) is 63.9 cm³/mol. The van der Waals surface area contributed by atoms with E-state index in [4.69, 9.17) is 0 Å². The first-order chi connectivity index (χ1) is 8.87. The van der Waals surface area contributed by atoms with Gasteiger partial charge in [0.05, 0.1) is 4.92 Å². The molecule has 2 rings (SSSR count). The van der Waals surface area contributed by atoms with Crippen molar-refractivity contribution in [2.75, 3.05) is 0 Å². The molecule has 7 heteroatoms. The Morgan fingerprint density at radius 2 is 2.00 bits per heavy atom. The Bertz CT molecular complexity index is 605. The molecule has 0 aliphatic heterocycles. The molecule has 0 bridgehead atoms. The van der Waals surface area contributed by atoms with Crippen LogP contribution in [-0.2, 0) is 6.54 Å². The lowest BCUT2D eigenvalue weighted by Gasteiger charge is -2.07. The highest BCUT2D eigenvalue weighted by Crippen LogP contribution is 2.24. The molecule has 0 saturated heterocycles. The van der Waals surface area contributed by atoms with Gasteiger partial charge < -0.3 is 4.57 Å². The fourth-order valence-electron chi connectivity index (χ4n) is 1.95. The maximum atomic E-state index is 12.1. The summed E-state index contributed by atoms with van der Waals surface area (Å²) in [5.41, 5.74) is 0.674. The van der Waals surface area contributed by atoms with Crippen molar-refractivity contribution in [1.82, 2.24) is 4.57 Å². The first-order valence-electron chi connectivity index (χ1n) is 5.67. The normalized spacial score (nSPS) is 11.9. The maximum Gasteiger partial charge on any atom is 0.389 e. The number of rotatable bonds is 4. The van der Waals surface area contributed by atoms with Gasteiger partial charge in [-0.25, -0.2) is 0 Å². The maximum absolute atomic E-state index is 12.1. The second kappa shape index (κ2) is 4.91. The number of nitro groups is 1. The highest BCUT2D eigenvalue weighted by atomic mass is 19.4. The largest absolute Gasteiger partial charge is 0.389 e. The van der Waals surface area contributed by atoms with Crippen LogP contribution in [-0.4, -0.2) is 15.7 Å². The van der Waals surface area contributed by atoms with Gasteiger partial charge in [0.2, 0.25) is 0 Å². The molecule has 0 N–H and O–H groups in total. The molecule has 1 aromatic carbocycles. The van der Waals surface area contributed by atoms with Crippen LogP contribution in [0.25, 0.3) is 10.9 Å². The molecular formula is C12H11F3N2O2. The molecule has 2 aromatic rings. The SMILES string of the molecule is O=[N+]([O-])c1ccc2c(ccn2CCCC(F)(F)F)c1. The van der Waals surface area contributed by atoms with E-state index in [-0.39, 0.29) is 18.7 Å². The first kappa shape index (κ1) is 13.4. The Morgan fingerprint density at radius 3 is 2.63 bits per heavy atom. The second-order valence-electron chi connectivity index (χ2n) is 4.23. The molecule has 0 radical (unpaired) electrons. The highest BCUT2D eigenvalue weighted by Gasteiger charge is 2.26. The molecular weight excluding hydrogens is 261 g/mol. The number of alkyl halides is 3. The van der Waals surface area contributed by atoms with Crippen molar-refractivity contribution in [2.45, 2.75) is 25.6 Å². The third kappa shape index (κ3) is 3.24. The van der Waals surface area contributed by atoms with Crippen LogP contribution >= 0.6 is 0 Å². The third-order valence-corrected chi connectivity index (χ3v) is 2.82. The molecule has 0 atom stereocenters. The van der Waals surface area contributed by atoms with Crippen LogP contribution in [0.3, 0.4) is 0 Å². The van der Waals surface area contributed by atoms with E-state index in [9.17, 15) is 23.3 Å². The Labute approximate surface area is 106 Å². The van der Waals surface area contributed by atoms with Crippen LogP contribution in [0.15, 0.2) is 30.5 Å². The molecule has 0 aliphatic rings. The fraction of sp³-hybridized carbons (Fsp3) is 0.333. The first-order valence-corrected chi connectivity index (χ1v) is 5.67. The summed E-state index contributed by atoms with van der Waals surface area (Å²) in [5.74, 6) is 0. The Morgan fingerprint density at radius 1 is 1.26 bits per heavy atom. The number of non-ortho nitro benzene ring substituents is 1. The van der Waals surface area contributed by atoms with E-state index in [1.54, 1.807) is 22.9 Å². The number of benzene rings is 1. The molecule has 0 amide bonds. The van der Waals surface area contributed by atoms with Crippen molar-refractivity contribution >= 4 is 16.6 Å². The van der Waals surface area contributed by atoms with Crippen LogP contribution in [0.4, 0.5) is 18.9 Å².